The third kappa shape index (κ3) is 2.33. The van der Waals surface area contributed by atoms with E-state index in [0.717, 1.165) is 54.4 Å². The first-order chi connectivity index (χ1) is 10.8. The van der Waals surface area contributed by atoms with Crippen LogP contribution in [-0.4, -0.2) is 53.1 Å². The predicted octanol–water partition coefficient (Wildman–Crippen LogP) is 2.38. The Balaban J connectivity index is 1.75. The van der Waals surface area contributed by atoms with Crippen LogP contribution < -0.4 is 4.90 Å². The van der Waals surface area contributed by atoms with Crippen molar-refractivity contribution >= 4 is 16.9 Å². The Labute approximate surface area is 129 Å². The topological polar surface area (TPSA) is 48.0 Å². The van der Waals surface area contributed by atoms with E-state index in [0.29, 0.717) is 0 Å². The third-order valence-corrected chi connectivity index (χ3v) is 4.23. The average Bonchev–Trinajstić information content (AvgIpc) is 3.01. The molecule has 0 saturated carbocycles. The van der Waals surface area contributed by atoms with Gasteiger partial charge in [0.1, 0.15) is 11.3 Å². The molecule has 3 heterocycles. The van der Waals surface area contributed by atoms with Gasteiger partial charge in [0, 0.05) is 37.9 Å². The largest absolute Gasteiger partial charge is 0.352 e. The van der Waals surface area contributed by atoms with Crippen LogP contribution in [0.4, 0.5) is 5.82 Å². The van der Waals surface area contributed by atoms with Gasteiger partial charge in [0.25, 0.3) is 0 Å². The van der Waals surface area contributed by atoms with Crippen LogP contribution >= 0.6 is 0 Å². The lowest BCUT2D eigenvalue weighted by atomic mass is 10.2. The van der Waals surface area contributed by atoms with Gasteiger partial charge in [-0.05, 0) is 13.1 Å². The molecule has 112 valence electrons. The highest BCUT2D eigenvalue weighted by Gasteiger charge is 2.19. The van der Waals surface area contributed by atoms with E-state index in [9.17, 15) is 0 Å². The molecular weight excluding hydrogens is 274 g/mol. The summed E-state index contributed by atoms with van der Waals surface area (Å²) in [6.07, 6.45) is 1.86. The van der Waals surface area contributed by atoms with Crippen molar-refractivity contribution < 1.29 is 0 Å². The van der Waals surface area contributed by atoms with E-state index >= 15 is 0 Å². The maximum absolute atomic E-state index is 4.80. The minimum absolute atomic E-state index is 0.902. The fourth-order valence-corrected chi connectivity index (χ4v) is 2.90. The monoisotopic (exact) mass is 293 g/mol. The van der Waals surface area contributed by atoms with Crippen molar-refractivity contribution in [1.82, 2.24) is 19.9 Å². The second-order valence-electron chi connectivity index (χ2n) is 5.77. The number of aromatic nitrogens is 3. The van der Waals surface area contributed by atoms with Gasteiger partial charge < -0.3 is 14.8 Å². The summed E-state index contributed by atoms with van der Waals surface area (Å²) >= 11 is 0. The van der Waals surface area contributed by atoms with E-state index in [1.54, 1.807) is 0 Å². The molecular formula is C17H19N5. The number of nitrogens with zero attached hydrogens (tertiary/aromatic N) is 4. The lowest BCUT2D eigenvalue weighted by Crippen LogP contribution is -2.44. The number of imidazole rings is 1. The smallest absolute Gasteiger partial charge is 0.156 e. The van der Waals surface area contributed by atoms with Crippen molar-refractivity contribution in [3.8, 4) is 11.4 Å². The lowest BCUT2D eigenvalue weighted by molar-refractivity contribution is 0.312. The summed E-state index contributed by atoms with van der Waals surface area (Å²) in [4.78, 5) is 17.5. The highest BCUT2D eigenvalue weighted by Crippen LogP contribution is 2.26. The molecule has 1 aliphatic rings. The average molecular weight is 293 g/mol. The number of aromatic amines is 1. The molecule has 4 rings (SSSR count). The molecule has 0 unspecified atom stereocenters. The SMILES string of the molecule is CN1CCN(c2nccc3[nH]c(-c4ccccc4)nc23)CC1. The number of anilines is 1. The van der Waals surface area contributed by atoms with Gasteiger partial charge in [-0.3, -0.25) is 0 Å². The molecule has 2 aromatic heterocycles. The standard InChI is InChI=1S/C17H19N5/c1-21-9-11-22(12-10-21)17-15-14(7-8-18-17)19-16(20-15)13-5-3-2-4-6-13/h2-8H,9-12H2,1H3,(H,19,20). The van der Waals surface area contributed by atoms with Crippen LogP contribution in [0.3, 0.4) is 0 Å². The summed E-state index contributed by atoms with van der Waals surface area (Å²) in [5.74, 6) is 1.89. The molecule has 3 aromatic rings. The first-order valence-corrected chi connectivity index (χ1v) is 7.65. The molecule has 0 aliphatic carbocycles. The Hall–Kier alpha value is -2.40. The second kappa shape index (κ2) is 5.42. The molecule has 1 saturated heterocycles. The molecule has 0 amide bonds. The Kier molecular flexibility index (Phi) is 3.27. The normalized spacial score (nSPS) is 16.3. The fraction of sp³-hybridized carbons (Fsp3) is 0.294. The number of H-pyrrole nitrogens is 1. The van der Waals surface area contributed by atoms with Gasteiger partial charge >= 0.3 is 0 Å². The highest BCUT2D eigenvalue weighted by molar-refractivity contribution is 5.88. The Morgan fingerprint density at radius 1 is 1.00 bits per heavy atom. The van der Waals surface area contributed by atoms with Crippen LogP contribution in [0.25, 0.3) is 22.4 Å². The van der Waals surface area contributed by atoms with Crippen LogP contribution in [0.1, 0.15) is 0 Å². The zero-order valence-corrected chi connectivity index (χ0v) is 12.7. The van der Waals surface area contributed by atoms with Crippen LogP contribution in [0, 0.1) is 0 Å². The van der Waals surface area contributed by atoms with E-state index < -0.39 is 0 Å². The third-order valence-electron chi connectivity index (χ3n) is 4.23. The number of piperazine rings is 1. The van der Waals surface area contributed by atoms with Crippen molar-refractivity contribution in [2.75, 3.05) is 38.1 Å². The summed E-state index contributed by atoms with van der Waals surface area (Å²) in [6.45, 7) is 4.12. The highest BCUT2D eigenvalue weighted by atomic mass is 15.3. The molecule has 1 N–H and O–H groups in total. The van der Waals surface area contributed by atoms with Crippen molar-refractivity contribution in [2.24, 2.45) is 0 Å². The number of hydrogen-bond acceptors (Lipinski definition) is 4. The summed E-state index contributed by atoms with van der Waals surface area (Å²) in [7, 11) is 2.16. The van der Waals surface area contributed by atoms with Crippen LogP contribution in [0.5, 0.6) is 0 Å². The minimum atomic E-state index is 0.902. The molecule has 1 aromatic carbocycles. The Bertz CT molecular complexity index is 772. The molecule has 22 heavy (non-hydrogen) atoms. The molecule has 0 bridgehead atoms. The molecule has 5 heteroatoms. The van der Waals surface area contributed by atoms with Crippen LogP contribution in [0.2, 0.25) is 0 Å². The van der Waals surface area contributed by atoms with Gasteiger partial charge in [-0.25, -0.2) is 9.97 Å². The predicted molar refractivity (Wildman–Crippen MR) is 89.0 cm³/mol. The molecule has 0 radical (unpaired) electrons. The molecule has 0 atom stereocenters. The molecule has 1 aliphatic heterocycles. The van der Waals surface area contributed by atoms with Crippen molar-refractivity contribution in [3.05, 3.63) is 42.6 Å². The van der Waals surface area contributed by atoms with Crippen LogP contribution in [0.15, 0.2) is 42.6 Å². The first kappa shape index (κ1) is 13.3. The summed E-state index contributed by atoms with van der Waals surface area (Å²) in [5.41, 5.74) is 3.11. The lowest BCUT2D eigenvalue weighted by Gasteiger charge is -2.33. The Morgan fingerprint density at radius 3 is 2.55 bits per heavy atom. The van der Waals surface area contributed by atoms with Gasteiger partial charge in [-0.15, -0.1) is 0 Å². The van der Waals surface area contributed by atoms with E-state index in [2.05, 4.69) is 38.9 Å². The maximum atomic E-state index is 4.80. The zero-order chi connectivity index (χ0) is 14.9. The van der Waals surface area contributed by atoms with Gasteiger partial charge in [0.15, 0.2) is 5.82 Å². The van der Waals surface area contributed by atoms with Crippen molar-refractivity contribution in [3.63, 3.8) is 0 Å². The van der Waals surface area contributed by atoms with E-state index in [1.165, 1.54) is 0 Å². The summed E-state index contributed by atoms with van der Waals surface area (Å²) in [5, 5.41) is 0. The van der Waals surface area contributed by atoms with Crippen LogP contribution in [-0.2, 0) is 0 Å². The number of fused-ring (bicyclic) bond motifs is 1. The molecule has 1 fully saturated rings. The first-order valence-electron chi connectivity index (χ1n) is 7.65. The number of hydrogen-bond donors (Lipinski definition) is 1. The van der Waals surface area contributed by atoms with Gasteiger partial charge in [-0.1, -0.05) is 30.3 Å². The van der Waals surface area contributed by atoms with Crippen molar-refractivity contribution in [1.29, 1.82) is 0 Å². The van der Waals surface area contributed by atoms with E-state index in [-0.39, 0.29) is 0 Å². The number of benzene rings is 1. The van der Waals surface area contributed by atoms with E-state index in [1.807, 2.05) is 30.5 Å². The number of nitrogens with one attached hydrogen (secondary N) is 1. The fourth-order valence-electron chi connectivity index (χ4n) is 2.90. The van der Waals surface area contributed by atoms with Gasteiger partial charge in [-0.2, -0.15) is 0 Å². The summed E-state index contributed by atoms with van der Waals surface area (Å²) in [6, 6.07) is 12.2. The maximum Gasteiger partial charge on any atom is 0.156 e. The van der Waals surface area contributed by atoms with Gasteiger partial charge in [0.05, 0.1) is 5.52 Å². The minimum Gasteiger partial charge on any atom is -0.352 e. The zero-order valence-electron chi connectivity index (χ0n) is 12.7. The second-order valence-corrected chi connectivity index (χ2v) is 5.77. The number of rotatable bonds is 2. The van der Waals surface area contributed by atoms with Gasteiger partial charge in [0.2, 0.25) is 0 Å². The number of likely N-dealkylation sites (N-methyl/N-ethyl adjacent to an activating group) is 1. The Morgan fingerprint density at radius 2 is 1.77 bits per heavy atom. The number of pyridine rings is 1. The summed E-state index contributed by atoms with van der Waals surface area (Å²) < 4.78 is 0. The quantitative estimate of drug-likeness (QED) is 0.788. The molecule has 0 spiro atoms. The molecule has 5 nitrogen and oxygen atoms in total. The van der Waals surface area contributed by atoms with E-state index in [4.69, 9.17) is 4.98 Å². The van der Waals surface area contributed by atoms with Crippen molar-refractivity contribution in [2.45, 2.75) is 0 Å².